The molecule has 0 saturated heterocycles. The molecule has 0 aliphatic carbocycles. The van der Waals surface area contributed by atoms with Crippen LogP contribution in [-0.2, 0) is 7.05 Å². The summed E-state index contributed by atoms with van der Waals surface area (Å²) in [7, 11) is 3.34. The quantitative estimate of drug-likeness (QED) is 0.348. The van der Waals surface area contributed by atoms with Crippen molar-refractivity contribution >= 4 is 28.8 Å². The van der Waals surface area contributed by atoms with Crippen molar-refractivity contribution in [3.8, 4) is 17.1 Å². The van der Waals surface area contributed by atoms with E-state index in [1.54, 1.807) is 25.2 Å². The predicted octanol–water partition coefficient (Wildman–Crippen LogP) is 3.26. The van der Waals surface area contributed by atoms with Crippen LogP contribution in [0.4, 0.5) is 22.9 Å². The number of hydrogen-bond acceptors (Lipinski definition) is 9. The zero-order valence-corrected chi connectivity index (χ0v) is 20.5. The molecule has 4 N–H and O–H groups in total. The molecular weight excluding hydrogens is 448 g/mol. The number of methoxy groups -OCH3 is 1. The van der Waals surface area contributed by atoms with Crippen LogP contribution in [0.5, 0.6) is 5.75 Å². The fraction of sp³-hybridized carbons (Fsp3) is 0.304. The number of aryl methyl sites for hydroxylation is 2. The summed E-state index contributed by atoms with van der Waals surface area (Å²) in [5.74, 6) is 0.547. The van der Waals surface area contributed by atoms with E-state index in [9.17, 15) is 4.79 Å². The molecule has 4 aromatic rings. The van der Waals surface area contributed by atoms with Crippen molar-refractivity contribution in [3.05, 3.63) is 47.9 Å². The van der Waals surface area contributed by atoms with Crippen LogP contribution in [-0.4, -0.2) is 47.5 Å². The van der Waals surface area contributed by atoms with Gasteiger partial charge in [-0.05, 0) is 39.8 Å². The summed E-state index contributed by atoms with van der Waals surface area (Å²) in [5.41, 5.74) is 10.4. The monoisotopic (exact) mass is 476 g/mol. The number of nitrogens with one attached hydrogen (secondary N) is 2. The minimum atomic E-state index is -0.652. The predicted molar refractivity (Wildman–Crippen MR) is 132 cm³/mol. The largest absolute Gasteiger partial charge is 0.494 e. The lowest BCUT2D eigenvalue weighted by Crippen LogP contribution is -2.15. The first-order valence-electron chi connectivity index (χ1n) is 11.0. The smallest absolute Gasteiger partial charge is 0.254 e. The zero-order valence-electron chi connectivity index (χ0n) is 20.5. The molecule has 35 heavy (non-hydrogen) atoms. The second kappa shape index (κ2) is 9.41. The van der Waals surface area contributed by atoms with Gasteiger partial charge in [-0.15, -0.1) is 0 Å². The van der Waals surface area contributed by atoms with Crippen molar-refractivity contribution in [2.45, 2.75) is 33.7 Å². The van der Waals surface area contributed by atoms with Crippen molar-refractivity contribution in [1.29, 1.82) is 0 Å². The van der Waals surface area contributed by atoms with Gasteiger partial charge in [-0.1, -0.05) is 0 Å². The third-order valence-corrected chi connectivity index (χ3v) is 5.45. The van der Waals surface area contributed by atoms with E-state index in [1.165, 1.54) is 12.5 Å². The highest BCUT2D eigenvalue weighted by Crippen LogP contribution is 2.41. The first-order chi connectivity index (χ1) is 16.7. The average Bonchev–Trinajstić information content (AvgIpc) is 3.37. The Hall–Kier alpha value is -4.48. The molecule has 12 heteroatoms. The fourth-order valence-electron chi connectivity index (χ4n) is 3.87. The van der Waals surface area contributed by atoms with Gasteiger partial charge in [0.15, 0.2) is 11.6 Å². The normalized spacial score (nSPS) is 11.1. The highest BCUT2D eigenvalue weighted by molar-refractivity contribution is 5.98. The molecular formula is C23H28N10O2. The lowest BCUT2D eigenvalue weighted by Gasteiger charge is -2.18. The second-order valence-electron chi connectivity index (χ2n) is 8.33. The van der Waals surface area contributed by atoms with E-state index >= 15 is 0 Å². The minimum absolute atomic E-state index is 0.148. The van der Waals surface area contributed by atoms with E-state index in [0.717, 1.165) is 22.8 Å². The number of nitrogens with zero attached hydrogens (tertiary/aromatic N) is 7. The first kappa shape index (κ1) is 23.7. The Morgan fingerprint density at radius 3 is 2.51 bits per heavy atom. The number of anilines is 4. The number of benzene rings is 1. The van der Waals surface area contributed by atoms with Crippen LogP contribution in [0.1, 0.15) is 41.6 Å². The number of ether oxygens (including phenoxy) is 1. The number of carbonyl (C=O) groups is 1. The van der Waals surface area contributed by atoms with Crippen LogP contribution >= 0.6 is 0 Å². The van der Waals surface area contributed by atoms with Crippen LogP contribution in [0.25, 0.3) is 11.4 Å². The summed E-state index contributed by atoms with van der Waals surface area (Å²) >= 11 is 0. The molecule has 0 bridgehead atoms. The summed E-state index contributed by atoms with van der Waals surface area (Å²) in [4.78, 5) is 24.4. The summed E-state index contributed by atoms with van der Waals surface area (Å²) in [6, 6.07) is 3.97. The molecule has 182 valence electrons. The van der Waals surface area contributed by atoms with Gasteiger partial charge in [-0.2, -0.15) is 10.2 Å². The molecule has 0 unspecified atom stereocenters. The van der Waals surface area contributed by atoms with Gasteiger partial charge in [0.1, 0.15) is 24.0 Å². The molecule has 0 radical (unpaired) electrons. The average molecular weight is 477 g/mol. The molecule has 0 aliphatic heterocycles. The maximum absolute atomic E-state index is 11.9. The molecule has 0 atom stereocenters. The molecule has 1 aromatic carbocycles. The molecule has 0 spiro atoms. The van der Waals surface area contributed by atoms with Crippen molar-refractivity contribution in [3.63, 3.8) is 0 Å². The molecule has 4 rings (SSSR count). The van der Waals surface area contributed by atoms with Crippen LogP contribution in [0.2, 0.25) is 0 Å². The minimum Gasteiger partial charge on any atom is -0.494 e. The van der Waals surface area contributed by atoms with Crippen LogP contribution in [0.3, 0.4) is 0 Å². The number of amides is 1. The number of hydrogen-bond donors (Lipinski definition) is 3. The number of nitrogens with two attached hydrogens (primary N) is 1. The van der Waals surface area contributed by atoms with E-state index in [-0.39, 0.29) is 17.4 Å². The van der Waals surface area contributed by atoms with E-state index in [0.29, 0.717) is 22.8 Å². The summed E-state index contributed by atoms with van der Waals surface area (Å²) in [5, 5.41) is 15.8. The maximum Gasteiger partial charge on any atom is 0.254 e. The standard InChI is InChI=1S/C23H28N10O2/c1-12(2)33-14(4)19(13(3)30-33)28-15-7-16(23-27-11-32(5)31-23)20(35-6)18(8-15)29-22-17(21(24)34)9-25-10-26-22/h7-12,28H,1-6H3,(H2,24,34)(H,25,26,29). The molecule has 0 fully saturated rings. The lowest BCUT2D eigenvalue weighted by atomic mass is 10.1. The Bertz CT molecular complexity index is 1390. The van der Waals surface area contributed by atoms with Gasteiger partial charge < -0.3 is 21.1 Å². The molecule has 12 nitrogen and oxygen atoms in total. The van der Waals surface area contributed by atoms with Crippen molar-refractivity contribution < 1.29 is 9.53 Å². The van der Waals surface area contributed by atoms with Crippen LogP contribution in [0, 0.1) is 13.8 Å². The van der Waals surface area contributed by atoms with Gasteiger partial charge in [0, 0.05) is 25.0 Å². The summed E-state index contributed by atoms with van der Waals surface area (Å²) in [6.45, 7) is 8.15. The highest BCUT2D eigenvalue weighted by atomic mass is 16.5. The topological polar surface area (TPSA) is 151 Å². The third kappa shape index (κ3) is 4.63. The Labute approximate surface area is 202 Å². The number of carbonyl (C=O) groups excluding carboxylic acids is 1. The SMILES string of the molecule is COc1c(Nc2ncncc2C(N)=O)cc(Nc2c(C)nn(C(C)C)c2C)cc1-c1ncn(C)n1. The Morgan fingerprint density at radius 1 is 1.14 bits per heavy atom. The molecule has 3 heterocycles. The van der Waals surface area contributed by atoms with Gasteiger partial charge in [0.05, 0.1) is 35.4 Å². The zero-order chi connectivity index (χ0) is 25.3. The molecule has 3 aromatic heterocycles. The van der Waals surface area contributed by atoms with Crippen LogP contribution in [0.15, 0.2) is 31.0 Å². The second-order valence-corrected chi connectivity index (χ2v) is 8.33. The summed E-state index contributed by atoms with van der Waals surface area (Å²) in [6.07, 6.45) is 4.30. The van der Waals surface area contributed by atoms with Gasteiger partial charge in [-0.25, -0.2) is 15.0 Å². The first-order valence-corrected chi connectivity index (χ1v) is 11.0. The summed E-state index contributed by atoms with van der Waals surface area (Å²) < 4.78 is 9.33. The maximum atomic E-state index is 11.9. The number of primary amides is 1. The Balaban J connectivity index is 1.86. The molecule has 0 saturated carbocycles. The fourth-order valence-corrected chi connectivity index (χ4v) is 3.87. The van der Waals surface area contributed by atoms with Crippen molar-refractivity contribution in [1.82, 2.24) is 34.5 Å². The molecule has 0 aliphatic rings. The van der Waals surface area contributed by atoms with E-state index < -0.39 is 5.91 Å². The van der Waals surface area contributed by atoms with Crippen molar-refractivity contribution in [2.24, 2.45) is 12.8 Å². The van der Waals surface area contributed by atoms with Gasteiger partial charge in [-0.3, -0.25) is 14.2 Å². The molecule has 1 amide bonds. The number of aromatic nitrogens is 7. The van der Waals surface area contributed by atoms with E-state index in [2.05, 4.69) is 49.6 Å². The van der Waals surface area contributed by atoms with Crippen molar-refractivity contribution in [2.75, 3.05) is 17.7 Å². The van der Waals surface area contributed by atoms with E-state index in [1.807, 2.05) is 30.7 Å². The third-order valence-electron chi connectivity index (χ3n) is 5.45. The Kier molecular flexibility index (Phi) is 6.36. The Morgan fingerprint density at radius 2 is 1.91 bits per heavy atom. The van der Waals surface area contributed by atoms with Gasteiger partial charge in [0.25, 0.3) is 5.91 Å². The van der Waals surface area contributed by atoms with Gasteiger partial charge >= 0.3 is 0 Å². The van der Waals surface area contributed by atoms with Crippen LogP contribution < -0.4 is 21.1 Å². The van der Waals surface area contributed by atoms with Gasteiger partial charge in [0.2, 0.25) is 0 Å². The van der Waals surface area contributed by atoms with E-state index in [4.69, 9.17) is 10.5 Å². The highest BCUT2D eigenvalue weighted by Gasteiger charge is 2.21. The lowest BCUT2D eigenvalue weighted by molar-refractivity contribution is 0.100. The number of rotatable bonds is 8.